The van der Waals surface area contributed by atoms with Gasteiger partial charge in [0.25, 0.3) is 0 Å². The molecule has 3 nitrogen and oxygen atoms in total. The molecule has 0 radical (unpaired) electrons. The van der Waals surface area contributed by atoms with Gasteiger partial charge in [-0.15, -0.1) is 0 Å². The van der Waals surface area contributed by atoms with Crippen LogP contribution < -0.4 is 0 Å². The fourth-order valence-electron chi connectivity index (χ4n) is 1.66. The molecule has 0 atom stereocenters. The SMILES string of the molecule is CC(C)(O)CCc1[nH]nc2cc(F)ccc12. The third-order valence-corrected chi connectivity index (χ3v) is 2.58. The highest BCUT2D eigenvalue weighted by molar-refractivity contribution is 5.81. The molecule has 0 fully saturated rings. The number of aromatic amines is 1. The Hall–Kier alpha value is -1.42. The maximum atomic E-state index is 12.9. The van der Waals surface area contributed by atoms with E-state index in [1.807, 2.05) is 0 Å². The van der Waals surface area contributed by atoms with Gasteiger partial charge in [-0.1, -0.05) is 0 Å². The van der Waals surface area contributed by atoms with E-state index in [1.54, 1.807) is 19.9 Å². The molecule has 4 heteroatoms. The normalized spacial score (nSPS) is 12.2. The van der Waals surface area contributed by atoms with Gasteiger partial charge in [0, 0.05) is 17.1 Å². The van der Waals surface area contributed by atoms with Crippen molar-refractivity contribution < 1.29 is 9.50 Å². The van der Waals surface area contributed by atoms with E-state index >= 15 is 0 Å². The fourth-order valence-corrected chi connectivity index (χ4v) is 1.66. The lowest BCUT2D eigenvalue weighted by molar-refractivity contribution is 0.0712. The van der Waals surface area contributed by atoms with Gasteiger partial charge in [0.2, 0.25) is 0 Å². The van der Waals surface area contributed by atoms with Crippen LogP contribution >= 0.6 is 0 Å². The largest absolute Gasteiger partial charge is 0.390 e. The van der Waals surface area contributed by atoms with Crippen molar-refractivity contribution in [1.82, 2.24) is 10.2 Å². The van der Waals surface area contributed by atoms with E-state index in [2.05, 4.69) is 10.2 Å². The zero-order chi connectivity index (χ0) is 11.8. The second-order valence-corrected chi connectivity index (χ2v) is 4.68. The summed E-state index contributed by atoms with van der Waals surface area (Å²) in [5, 5.41) is 17.5. The first kappa shape index (κ1) is 11.1. The molecule has 0 amide bonds. The second kappa shape index (κ2) is 3.87. The number of benzene rings is 1. The number of hydrogen-bond donors (Lipinski definition) is 2. The van der Waals surface area contributed by atoms with Crippen molar-refractivity contribution in [3.8, 4) is 0 Å². The van der Waals surface area contributed by atoms with Crippen LogP contribution in [0.1, 0.15) is 26.0 Å². The van der Waals surface area contributed by atoms with Crippen LogP contribution in [0.4, 0.5) is 4.39 Å². The molecule has 86 valence electrons. The Morgan fingerprint density at radius 3 is 2.88 bits per heavy atom. The summed E-state index contributed by atoms with van der Waals surface area (Å²) >= 11 is 0. The number of nitrogens with zero attached hydrogens (tertiary/aromatic N) is 1. The van der Waals surface area contributed by atoms with E-state index in [-0.39, 0.29) is 5.82 Å². The maximum Gasteiger partial charge on any atom is 0.125 e. The first-order valence-electron chi connectivity index (χ1n) is 5.30. The average Bonchev–Trinajstić information content (AvgIpc) is 2.56. The van der Waals surface area contributed by atoms with Crippen LogP contribution in [0.25, 0.3) is 10.9 Å². The van der Waals surface area contributed by atoms with Crippen molar-refractivity contribution in [1.29, 1.82) is 0 Å². The standard InChI is InChI=1S/C12H15FN2O/c1-12(2,16)6-5-10-9-4-3-8(13)7-11(9)15-14-10/h3-4,7,16H,5-6H2,1-2H3,(H,14,15). The number of aryl methyl sites for hydroxylation is 1. The summed E-state index contributed by atoms with van der Waals surface area (Å²) in [5.74, 6) is -0.284. The van der Waals surface area contributed by atoms with Gasteiger partial charge in [-0.05, 0) is 38.8 Å². The first-order chi connectivity index (χ1) is 7.46. The molecule has 0 saturated carbocycles. The average molecular weight is 222 g/mol. The van der Waals surface area contributed by atoms with E-state index in [9.17, 15) is 9.50 Å². The Morgan fingerprint density at radius 1 is 1.44 bits per heavy atom. The molecule has 1 aromatic carbocycles. The van der Waals surface area contributed by atoms with Crippen molar-refractivity contribution in [2.75, 3.05) is 0 Å². The van der Waals surface area contributed by atoms with Gasteiger partial charge in [-0.3, -0.25) is 5.10 Å². The van der Waals surface area contributed by atoms with Gasteiger partial charge < -0.3 is 5.11 Å². The van der Waals surface area contributed by atoms with Gasteiger partial charge in [0.15, 0.2) is 0 Å². The molecule has 0 spiro atoms. The molecule has 0 aliphatic carbocycles. The van der Waals surface area contributed by atoms with Crippen LogP contribution in [0.15, 0.2) is 18.2 Å². The number of H-pyrrole nitrogens is 1. The minimum Gasteiger partial charge on any atom is -0.390 e. The quantitative estimate of drug-likeness (QED) is 0.837. The van der Waals surface area contributed by atoms with E-state index in [1.165, 1.54) is 12.1 Å². The molecule has 16 heavy (non-hydrogen) atoms. The highest BCUT2D eigenvalue weighted by Gasteiger charge is 2.14. The van der Waals surface area contributed by atoms with Crippen LogP contribution in [0, 0.1) is 5.82 Å². The molecule has 0 aliphatic heterocycles. The molecular formula is C12H15FN2O. The van der Waals surface area contributed by atoms with Crippen molar-refractivity contribution in [3.05, 3.63) is 29.7 Å². The number of fused-ring (bicyclic) bond motifs is 1. The Kier molecular flexibility index (Phi) is 2.68. The summed E-state index contributed by atoms with van der Waals surface area (Å²) in [5.41, 5.74) is 0.875. The molecule has 0 saturated heterocycles. The molecule has 1 aromatic heterocycles. The highest BCUT2D eigenvalue weighted by atomic mass is 19.1. The number of aromatic nitrogens is 2. The zero-order valence-electron chi connectivity index (χ0n) is 9.42. The lowest BCUT2D eigenvalue weighted by Gasteiger charge is -2.15. The highest BCUT2D eigenvalue weighted by Crippen LogP contribution is 2.20. The predicted molar refractivity (Wildman–Crippen MR) is 60.7 cm³/mol. The zero-order valence-corrected chi connectivity index (χ0v) is 9.42. The lowest BCUT2D eigenvalue weighted by Crippen LogP contribution is -2.19. The summed E-state index contributed by atoms with van der Waals surface area (Å²) < 4.78 is 12.9. The minimum absolute atomic E-state index is 0.284. The monoisotopic (exact) mass is 222 g/mol. The Balaban J connectivity index is 2.25. The van der Waals surface area contributed by atoms with Crippen LogP contribution in [0.5, 0.6) is 0 Å². The molecule has 0 aliphatic rings. The molecular weight excluding hydrogens is 207 g/mol. The van der Waals surface area contributed by atoms with E-state index < -0.39 is 5.60 Å². The van der Waals surface area contributed by atoms with Crippen LogP contribution in [0.3, 0.4) is 0 Å². The van der Waals surface area contributed by atoms with Gasteiger partial charge in [0.05, 0.1) is 11.1 Å². The smallest absolute Gasteiger partial charge is 0.125 e. The molecule has 0 bridgehead atoms. The van der Waals surface area contributed by atoms with E-state index in [0.29, 0.717) is 18.4 Å². The topological polar surface area (TPSA) is 48.9 Å². The summed E-state index contributed by atoms with van der Waals surface area (Å²) in [6.07, 6.45) is 1.34. The van der Waals surface area contributed by atoms with Crippen LogP contribution in [0.2, 0.25) is 0 Å². The summed E-state index contributed by atoms with van der Waals surface area (Å²) in [6.45, 7) is 3.54. The second-order valence-electron chi connectivity index (χ2n) is 4.68. The molecule has 2 aromatic rings. The third kappa shape index (κ3) is 2.39. The number of rotatable bonds is 3. The van der Waals surface area contributed by atoms with E-state index in [4.69, 9.17) is 0 Å². The van der Waals surface area contributed by atoms with Gasteiger partial charge >= 0.3 is 0 Å². The predicted octanol–water partition coefficient (Wildman–Crippen LogP) is 2.41. The third-order valence-electron chi connectivity index (χ3n) is 2.58. The Labute approximate surface area is 93.3 Å². The number of aliphatic hydroxyl groups is 1. The summed E-state index contributed by atoms with van der Waals surface area (Å²) in [7, 11) is 0. The molecule has 0 unspecified atom stereocenters. The summed E-state index contributed by atoms with van der Waals surface area (Å²) in [6, 6.07) is 4.54. The van der Waals surface area contributed by atoms with Gasteiger partial charge in [0.1, 0.15) is 5.82 Å². The first-order valence-corrected chi connectivity index (χ1v) is 5.30. The van der Waals surface area contributed by atoms with Crippen molar-refractivity contribution in [2.24, 2.45) is 0 Å². The Morgan fingerprint density at radius 2 is 2.19 bits per heavy atom. The number of nitrogens with one attached hydrogen (secondary N) is 1. The number of halogens is 1. The molecule has 2 rings (SSSR count). The van der Waals surface area contributed by atoms with Crippen molar-refractivity contribution >= 4 is 10.9 Å². The minimum atomic E-state index is -0.697. The van der Waals surface area contributed by atoms with Crippen molar-refractivity contribution in [2.45, 2.75) is 32.3 Å². The number of hydrogen-bond acceptors (Lipinski definition) is 2. The van der Waals surface area contributed by atoms with E-state index in [0.717, 1.165) is 11.1 Å². The Bertz CT molecular complexity index is 499. The molecule has 1 heterocycles. The van der Waals surface area contributed by atoms with Gasteiger partial charge in [-0.2, -0.15) is 5.10 Å². The maximum absolute atomic E-state index is 12.9. The van der Waals surface area contributed by atoms with Crippen LogP contribution in [-0.2, 0) is 6.42 Å². The van der Waals surface area contributed by atoms with Crippen molar-refractivity contribution in [3.63, 3.8) is 0 Å². The lowest BCUT2D eigenvalue weighted by atomic mass is 10.0. The summed E-state index contributed by atoms with van der Waals surface area (Å²) in [4.78, 5) is 0. The van der Waals surface area contributed by atoms with Gasteiger partial charge in [-0.25, -0.2) is 4.39 Å². The fraction of sp³-hybridized carbons (Fsp3) is 0.417. The molecule has 2 N–H and O–H groups in total. The van der Waals surface area contributed by atoms with Crippen LogP contribution in [-0.4, -0.2) is 20.9 Å².